The molecule has 1 rings (SSSR count). The minimum atomic E-state index is -1.02. The van der Waals surface area contributed by atoms with E-state index in [-0.39, 0.29) is 0 Å². The van der Waals surface area contributed by atoms with Crippen molar-refractivity contribution in [1.29, 1.82) is 0 Å². The number of nitrogens with zero attached hydrogens (tertiary/aromatic N) is 1. The first-order valence-corrected chi connectivity index (χ1v) is 6.95. The topological polar surface area (TPSA) is 79.3 Å². The zero-order valence-electron chi connectivity index (χ0n) is 9.60. The summed E-state index contributed by atoms with van der Waals surface area (Å²) in [5.41, 5.74) is 1.02. The molecule has 0 saturated carbocycles. The summed E-state index contributed by atoms with van der Waals surface area (Å²) in [6, 6.07) is -0.834. The number of carbonyl (C=O) groups excluding carboxylic acids is 1. The van der Waals surface area contributed by atoms with Gasteiger partial charge in [0.25, 0.3) is 0 Å². The Morgan fingerprint density at radius 3 is 2.82 bits per heavy atom. The van der Waals surface area contributed by atoms with E-state index in [1.54, 1.807) is 11.3 Å². The zero-order chi connectivity index (χ0) is 12.8. The number of carbonyl (C=O) groups is 2. The van der Waals surface area contributed by atoms with Crippen LogP contribution < -0.4 is 5.32 Å². The molecule has 2 N–H and O–H groups in total. The maximum atomic E-state index is 10.7. The second-order valence-electron chi connectivity index (χ2n) is 3.44. The van der Waals surface area contributed by atoms with Gasteiger partial charge in [-0.1, -0.05) is 0 Å². The maximum absolute atomic E-state index is 10.7. The predicted octanol–water partition coefficient (Wildman–Crippen LogP) is 1.19. The summed E-state index contributed by atoms with van der Waals surface area (Å²) in [4.78, 5) is 26.5. The van der Waals surface area contributed by atoms with Crippen molar-refractivity contribution < 1.29 is 14.7 Å². The minimum Gasteiger partial charge on any atom is -0.480 e. The molecule has 0 aromatic carbocycles. The van der Waals surface area contributed by atoms with Crippen LogP contribution in [0.15, 0.2) is 0 Å². The van der Waals surface area contributed by atoms with Crippen molar-refractivity contribution in [3.05, 3.63) is 15.6 Å². The quantitative estimate of drug-likeness (QED) is 0.730. The van der Waals surface area contributed by atoms with Crippen LogP contribution in [0.1, 0.15) is 15.6 Å². The fraction of sp³-hybridized carbons (Fsp3) is 0.500. The lowest BCUT2D eigenvalue weighted by molar-refractivity contribution is -0.139. The lowest BCUT2D eigenvalue weighted by Crippen LogP contribution is -2.37. The van der Waals surface area contributed by atoms with Crippen molar-refractivity contribution in [2.45, 2.75) is 25.6 Å². The fourth-order valence-corrected chi connectivity index (χ4v) is 3.18. The molecule has 1 aromatic rings. The highest BCUT2D eigenvalue weighted by atomic mass is 32.2. The molecule has 1 unspecified atom stereocenters. The van der Waals surface area contributed by atoms with Crippen LogP contribution in [-0.2, 0) is 15.3 Å². The van der Waals surface area contributed by atoms with E-state index in [9.17, 15) is 9.59 Å². The van der Waals surface area contributed by atoms with Gasteiger partial charge in [0.05, 0.1) is 5.69 Å². The number of thioether (sulfide) groups is 1. The van der Waals surface area contributed by atoms with Crippen molar-refractivity contribution in [1.82, 2.24) is 10.3 Å². The van der Waals surface area contributed by atoms with Crippen molar-refractivity contribution in [2.75, 3.05) is 5.75 Å². The van der Waals surface area contributed by atoms with Crippen LogP contribution in [-0.4, -0.2) is 34.3 Å². The molecule has 0 fully saturated rings. The van der Waals surface area contributed by atoms with E-state index in [1.807, 2.05) is 13.8 Å². The highest BCUT2D eigenvalue weighted by molar-refractivity contribution is 7.98. The van der Waals surface area contributed by atoms with Crippen molar-refractivity contribution in [3.63, 3.8) is 0 Å². The van der Waals surface area contributed by atoms with E-state index in [0.717, 1.165) is 10.7 Å². The number of amides is 1. The number of hydrogen-bond acceptors (Lipinski definition) is 5. The number of aryl methyl sites for hydroxylation is 2. The van der Waals surface area contributed by atoms with Gasteiger partial charge in [-0.15, -0.1) is 11.3 Å². The van der Waals surface area contributed by atoms with Gasteiger partial charge in [0.2, 0.25) is 6.41 Å². The van der Waals surface area contributed by atoms with Gasteiger partial charge in [0, 0.05) is 16.4 Å². The Bertz CT molecular complexity index is 387. The van der Waals surface area contributed by atoms with Gasteiger partial charge in [0.15, 0.2) is 0 Å². The molecular weight excluding hydrogens is 260 g/mol. The Labute approximate surface area is 108 Å². The minimum absolute atomic E-state index is 0.339. The molecule has 1 aromatic heterocycles. The van der Waals surface area contributed by atoms with Crippen LogP contribution in [0.25, 0.3) is 0 Å². The number of aromatic nitrogens is 1. The molecular formula is C10H14N2O3S2. The first kappa shape index (κ1) is 14.0. The molecule has 5 nitrogen and oxygen atoms in total. The van der Waals surface area contributed by atoms with Gasteiger partial charge < -0.3 is 10.4 Å². The summed E-state index contributed by atoms with van der Waals surface area (Å²) in [6.45, 7) is 3.96. The summed E-state index contributed by atoms with van der Waals surface area (Å²) in [5.74, 6) is -0.00816. The maximum Gasteiger partial charge on any atom is 0.327 e. The van der Waals surface area contributed by atoms with Crippen LogP contribution in [0.3, 0.4) is 0 Å². The largest absolute Gasteiger partial charge is 0.480 e. The van der Waals surface area contributed by atoms with E-state index in [2.05, 4.69) is 10.3 Å². The van der Waals surface area contributed by atoms with Gasteiger partial charge in [-0.2, -0.15) is 11.8 Å². The second kappa shape index (κ2) is 6.61. The third kappa shape index (κ3) is 4.35. The van der Waals surface area contributed by atoms with Gasteiger partial charge in [-0.3, -0.25) is 4.79 Å². The summed E-state index contributed by atoms with van der Waals surface area (Å²) in [6.07, 6.45) is 0.414. The summed E-state index contributed by atoms with van der Waals surface area (Å²) >= 11 is 3.07. The van der Waals surface area contributed by atoms with E-state index >= 15 is 0 Å². The van der Waals surface area contributed by atoms with Crippen LogP contribution in [0, 0.1) is 13.8 Å². The van der Waals surface area contributed by atoms with Gasteiger partial charge in [-0.05, 0) is 13.8 Å². The third-order valence-electron chi connectivity index (χ3n) is 2.15. The van der Waals surface area contributed by atoms with Crippen molar-refractivity contribution in [3.8, 4) is 0 Å². The molecule has 1 atom stereocenters. The van der Waals surface area contributed by atoms with E-state index in [1.165, 1.54) is 16.6 Å². The molecule has 7 heteroatoms. The van der Waals surface area contributed by atoms with Gasteiger partial charge >= 0.3 is 5.97 Å². The molecule has 17 heavy (non-hydrogen) atoms. The molecule has 1 heterocycles. The number of hydrogen-bond donors (Lipinski definition) is 2. The first-order chi connectivity index (χ1) is 8.04. The smallest absolute Gasteiger partial charge is 0.327 e. The first-order valence-electron chi connectivity index (χ1n) is 4.97. The summed E-state index contributed by atoms with van der Waals surface area (Å²) in [7, 11) is 0. The highest BCUT2D eigenvalue weighted by Gasteiger charge is 2.16. The molecule has 0 aliphatic carbocycles. The third-order valence-corrected chi connectivity index (χ3v) is 4.45. The predicted molar refractivity (Wildman–Crippen MR) is 68.4 cm³/mol. The average molecular weight is 274 g/mol. The number of carboxylic acids is 1. The van der Waals surface area contributed by atoms with Crippen molar-refractivity contribution >= 4 is 35.5 Å². The van der Waals surface area contributed by atoms with Gasteiger partial charge in [0.1, 0.15) is 11.0 Å². The average Bonchev–Trinajstić information content (AvgIpc) is 2.57. The Kier molecular flexibility index (Phi) is 5.43. The van der Waals surface area contributed by atoms with Gasteiger partial charge in [-0.25, -0.2) is 9.78 Å². The summed E-state index contributed by atoms with van der Waals surface area (Å²) in [5, 5.41) is 12.1. The van der Waals surface area contributed by atoms with Crippen molar-refractivity contribution in [2.24, 2.45) is 0 Å². The zero-order valence-corrected chi connectivity index (χ0v) is 11.2. The van der Waals surface area contributed by atoms with E-state index < -0.39 is 12.0 Å². The van der Waals surface area contributed by atoms with E-state index in [4.69, 9.17) is 5.11 Å². The summed E-state index contributed by atoms with van der Waals surface area (Å²) < 4.78 is 0. The highest BCUT2D eigenvalue weighted by Crippen LogP contribution is 2.21. The van der Waals surface area contributed by atoms with Crippen LogP contribution in [0.4, 0.5) is 0 Å². The SMILES string of the molecule is Cc1nc(CSCC(NC=O)C(=O)O)sc1C. The van der Waals surface area contributed by atoms with E-state index in [0.29, 0.717) is 17.9 Å². The number of carboxylic acid groups (broad SMARTS) is 1. The number of aliphatic carboxylic acids is 1. The number of thiazole rings is 1. The standard InChI is InChI=1S/C10H14N2O3S2/c1-6-7(2)17-9(12-6)4-16-3-8(10(14)15)11-5-13/h5,8H,3-4H2,1-2H3,(H,11,13)(H,14,15). The molecule has 0 spiro atoms. The fourth-order valence-electron chi connectivity index (χ4n) is 1.14. The van der Waals surface area contributed by atoms with Crippen LogP contribution in [0.2, 0.25) is 0 Å². The molecule has 0 aliphatic heterocycles. The molecule has 0 saturated heterocycles. The monoisotopic (exact) mass is 274 g/mol. The number of nitrogens with one attached hydrogen (secondary N) is 1. The molecule has 0 aliphatic rings. The lowest BCUT2D eigenvalue weighted by atomic mass is 10.3. The molecule has 1 amide bonds. The van der Waals surface area contributed by atoms with Crippen LogP contribution >= 0.6 is 23.1 Å². The molecule has 94 valence electrons. The number of rotatable bonds is 7. The Morgan fingerprint density at radius 1 is 1.65 bits per heavy atom. The second-order valence-corrected chi connectivity index (χ2v) is 5.76. The Hall–Kier alpha value is -1.08. The molecule has 0 bridgehead atoms. The Morgan fingerprint density at radius 2 is 2.35 bits per heavy atom. The molecule has 0 radical (unpaired) electrons. The lowest BCUT2D eigenvalue weighted by Gasteiger charge is -2.09. The normalized spacial score (nSPS) is 12.1. The van der Waals surface area contributed by atoms with Crippen LogP contribution in [0.5, 0.6) is 0 Å². The Balaban J connectivity index is 2.40.